The summed E-state index contributed by atoms with van der Waals surface area (Å²) in [6.45, 7) is 2.69. The van der Waals surface area contributed by atoms with Gasteiger partial charge in [0.2, 0.25) is 0 Å². The highest BCUT2D eigenvalue weighted by molar-refractivity contribution is 5.85. The summed E-state index contributed by atoms with van der Waals surface area (Å²) in [6, 6.07) is 6.98. The molecule has 0 radical (unpaired) electrons. The van der Waals surface area contributed by atoms with Crippen LogP contribution in [0.3, 0.4) is 0 Å². The Hall–Kier alpha value is -2.58. The Morgan fingerprint density at radius 2 is 1.85 bits per heavy atom. The molecular weight excluding hydrogens is 381 g/mol. The minimum Gasteiger partial charge on any atom is -0.412 e. The number of nitrogens with one attached hydrogen (secondary N) is 2. The van der Waals surface area contributed by atoms with Crippen molar-refractivity contribution >= 4 is 18.0 Å². The fourth-order valence-corrected chi connectivity index (χ4v) is 3.03. The number of aromatic amines is 1. The van der Waals surface area contributed by atoms with Crippen LogP contribution < -0.4 is 5.32 Å². The number of alkyl halides is 3. The molecule has 1 aromatic rings. The number of rotatable bonds is 2. The number of nitrogens with zero attached hydrogens (tertiary/aromatic N) is 2. The lowest BCUT2D eigenvalue weighted by Gasteiger charge is -2.08. The van der Waals surface area contributed by atoms with Gasteiger partial charge in [-0.2, -0.15) is 13.2 Å². The number of hydrogen-bond acceptors (Lipinski definition) is 3. The lowest BCUT2D eigenvalue weighted by Crippen LogP contribution is -2.04. The SMILES string of the molecule is Cc1nc(C2=CNCC2)c2nc(-c3cccc(C(F)(F)F)c3)cc-2[nH]1.Cl.O. The van der Waals surface area contributed by atoms with Crippen LogP contribution in [0.15, 0.2) is 36.5 Å². The van der Waals surface area contributed by atoms with Crippen LogP contribution in [0.2, 0.25) is 0 Å². The predicted molar refractivity (Wildman–Crippen MR) is 99.6 cm³/mol. The number of halogens is 4. The number of benzene rings is 1. The van der Waals surface area contributed by atoms with E-state index in [1.54, 1.807) is 12.1 Å². The van der Waals surface area contributed by atoms with Crippen LogP contribution in [0, 0.1) is 6.92 Å². The molecule has 3 aliphatic rings. The molecule has 3 heterocycles. The zero-order chi connectivity index (χ0) is 17.6. The molecule has 0 atom stereocenters. The van der Waals surface area contributed by atoms with E-state index in [1.165, 1.54) is 6.07 Å². The first-order valence-electron chi connectivity index (χ1n) is 7.89. The molecule has 3 aliphatic heterocycles. The average Bonchev–Trinajstić information content (AvgIpc) is 3.23. The first kappa shape index (κ1) is 20.7. The lowest BCUT2D eigenvalue weighted by molar-refractivity contribution is -0.137. The quantitative estimate of drug-likeness (QED) is 0.687. The Morgan fingerprint density at radius 3 is 2.52 bits per heavy atom. The van der Waals surface area contributed by atoms with Gasteiger partial charge in [-0.1, -0.05) is 12.1 Å². The van der Waals surface area contributed by atoms with Gasteiger partial charge in [0.1, 0.15) is 11.5 Å². The molecule has 0 spiro atoms. The zero-order valence-electron chi connectivity index (χ0n) is 14.3. The number of fused-ring (bicyclic) bond motifs is 1. The molecule has 0 aliphatic carbocycles. The van der Waals surface area contributed by atoms with Crippen LogP contribution in [0.4, 0.5) is 13.2 Å². The van der Waals surface area contributed by atoms with Gasteiger partial charge in [0.25, 0.3) is 0 Å². The Labute approximate surface area is 159 Å². The molecule has 0 bridgehead atoms. The highest BCUT2D eigenvalue weighted by Gasteiger charge is 2.31. The molecule has 9 heteroatoms. The second kappa shape index (κ2) is 7.58. The number of aryl methyl sites for hydroxylation is 1. The molecule has 1 aromatic carbocycles. The molecule has 0 aromatic heterocycles. The largest absolute Gasteiger partial charge is 0.416 e. The second-order valence-corrected chi connectivity index (χ2v) is 6.03. The van der Waals surface area contributed by atoms with Crippen molar-refractivity contribution in [2.75, 3.05) is 6.54 Å². The predicted octanol–water partition coefficient (Wildman–Crippen LogP) is 3.84. The fourth-order valence-electron chi connectivity index (χ4n) is 3.03. The van der Waals surface area contributed by atoms with Crippen LogP contribution in [-0.4, -0.2) is 27.0 Å². The van der Waals surface area contributed by atoms with E-state index >= 15 is 0 Å². The molecule has 4 rings (SSSR count). The van der Waals surface area contributed by atoms with Gasteiger partial charge in [-0.05, 0) is 37.1 Å². The average molecular weight is 399 g/mol. The fraction of sp³-hybridized carbons (Fsp3) is 0.222. The van der Waals surface area contributed by atoms with Gasteiger partial charge in [-0.15, -0.1) is 12.4 Å². The second-order valence-electron chi connectivity index (χ2n) is 6.03. The van der Waals surface area contributed by atoms with E-state index in [-0.39, 0.29) is 17.9 Å². The molecule has 0 amide bonds. The van der Waals surface area contributed by atoms with Crippen LogP contribution in [0.5, 0.6) is 0 Å². The highest BCUT2D eigenvalue weighted by Crippen LogP contribution is 2.36. The van der Waals surface area contributed by atoms with Gasteiger partial charge in [0.05, 0.1) is 22.6 Å². The van der Waals surface area contributed by atoms with E-state index in [0.717, 1.165) is 47.9 Å². The maximum Gasteiger partial charge on any atom is 0.416 e. The molecule has 4 N–H and O–H groups in total. The van der Waals surface area contributed by atoms with Gasteiger partial charge in [-0.3, -0.25) is 0 Å². The summed E-state index contributed by atoms with van der Waals surface area (Å²) < 4.78 is 38.9. The minimum atomic E-state index is -4.38. The zero-order valence-corrected chi connectivity index (χ0v) is 15.1. The monoisotopic (exact) mass is 398 g/mol. The summed E-state index contributed by atoms with van der Waals surface area (Å²) in [7, 11) is 0. The summed E-state index contributed by atoms with van der Waals surface area (Å²) >= 11 is 0. The van der Waals surface area contributed by atoms with Crippen molar-refractivity contribution in [3.63, 3.8) is 0 Å². The molecule has 27 heavy (non-hydrogen) atoms. The Balaban J connectivity index is 0.00000131. The van der Waals surface area contributed by atoms with E-state index in [0.29, 0.717) is 17.0 Å². The first-order valence-corrected chi connectivity index (χ1v) is 7.89. The number of H-pyrrole nitrogens is 1. The van der Waals surface area contributed by atoms with Gasteiger partial charge in [0.15, 0.2) is 0 Å². The van der Waals surface area contributed by atoms with Crippen molar-refractivity contribution in [3.8, 4) is 22.6 Å². The topological polar surface area (TPSA) is 85.1 Å². The standard InChI is InChI=1S/C18H15F3N4.ClH.H2O/c1-10-23-15-8-14(11-3-2-4-13(7-11)18(19,20)21)25-17(15)16(24-10)12-5-6-22-9-12;;/h2-4,7-9,22H,5-6H2,1H3,(H,23,24);1H;1H2. The van der Waals surface area contributed by atoms with Gasteiger partial charge < -0.3 is 15.8 Å². The summed E-state index contributed by atoms with van der Waals surface area (Å²) in [5, 5.41) is 3.15. The van der Waals surface area contributed by atoms with Gasteiger partial charge >= 0.3 is 6.18 Å². The van der Waals surface area contributed by atoms with Crippen molar-refractivity contribution in [3.05, 3.63) is 53.6 Å². The summed E-state index contributed by atoms with van der Waals surface area (Å²) in [5.41, 5.74) is 3.51. The molecular formula is C18H18ClF3N4O. The Morgan fingerprint density at radius 1 is 1.07 bits per heavy atom. The van der Waals surface area contributed by atoms with Crippen LogP contribution in [0.25, 0.3) is 28.2 Å². The molecule has 0 saturated heterocycles. The third-order valence-corrected chi connectivity index (χ3v) is 4.19. The summed E-state index contributed by atoms with van der Waals surface area (Å²) in [6.07, 6.45) is -1.62. The highest BCUT2D eigenvalue weighted by atomic mass is 35.5. The lowest BCUT2D eigenvalue weighted by atomic mass is 10.1. The van der Waals surface area contributed by atoms with Gasteiger partial charge in [0, 0.05) is 18.3 Å². The van der Waals surface area contributed by atoms with Crippen LogP contribution in [0.1, 0.15) is 23.5 Å². The molecule has 0 unspecified atom stereocenters. The third-order valence-electron chi connectivity index (χ3n) is 4.19. The van der Waals surface area contributed by atoms with Crippen LogP contribution in [-0.2, 0) is 6.18 Å². The molecule has 5 nitrogen and oxygen atoms in total. The van der Waals surface area contributed by atoms with Crippen molar-refractivity contribution in [1.82, 2.24) is 20.3 Å². The Bertz CT molecular complexity index is 952. The maximum atomic E-state index is 13.0. The van der Waals surface area contributed by atoms with Gasteiger partial charge in [-0.25, -0.2) is 9.97 Å². The van der Waals surface area contributed by atoms with E-state index < -0.39 is 11.7 Å². The van der Waals surface area contributed by atoms with Crippen molar-refractivity contribution in [2.45, 2.75) is 19.5 Å². The summed E-state index contributed by atoms with van der Waals surface area (Å²) in [4.78, 5) is 12.2. The van der Waals surface area contributed by atoms with Crippen molar-refractivity contribution in [2.24, 2.45) is 0 Å². The molecule has 0 fully saturated rings. The van der Waals surface area contributed by atoms with E-state index in [1.807, 2.05) is 13.1 Å². The third kappa shape index (κ3) is 3.91. The van der Waals surface area contributed by atoms with E-state index in [2.05, 4.69) is 20.3 Å². The number of hydrogen-bond donors (Lipinski definition) is 2. The van der Waals surface area contributed by atoms with Crippen LogP contribution >= 0.6 is 12.4 Å². The van der Waals surface area contributed by atoms with E-state index in [9.17, 15) is 13.2 Å². The molecule has 144 valence electrons. The van der Waals surface area contributed by atoms with E-state index in [4.69, 9.17) is 0 Å². The maximum absolute atomic E-state index is 13.0. The molecule has 0 saturated carbocycles. The minimum absolute atomic E-state index is 0. The first-order chi connectivity index (χ1) is 11.9. The smallest absolute Gasteiger partial charge is 0.412 e. The Kier molecular flexibility index (Phi) is 5.82. The normalized spacial score (nSPS) is 13.6. The number of aromatic nitrogens is 3. The summed E-state index contributed by atoms with van der Waals surface area (Å²) in [5.74, 6) is 0.735. The van der Waals surface area contributed by atoms with Crippen molar-refractivity contribution in [1.29, 1.82) is 0 Å². The van der Waals surface area contributed by atoms with Crippen molar-refractivity contribution < 1.29 is 18.6 Å².